The first-order chi connectivity index (χ1) is 14.4. The summed E-state index contributed by atoms with van der Waals surface area (Å²) in [5, 5.41) is 8.38. The largest absolute Gasteiger partial charge is 0.338 e. The van der Waals surface area contributed by atoms with Crippen LogP contribution >= 0.6 is 0 Å². The van der Waals surface area contributed by atoms with Crippen molar-refractivity contribution in [1.29, 1.82) is 0 Å². The molecule has 0 aliphatic rings. The van der Waals surface area contributed by atoms with E-state index in [2.05, 4.69) is 10.4 Å². The minimum Gasteiger partial charge on any atom is -0.338 e. The molecule has 2 heterocycles. The number of hydrogen-bond donors (Lipinski definition) is 1. The normalized spacial score (nSPS) is 11.1. The van der Waals surface area contributed by atoms with Gasteiger partial charge >= 0.3 is 0 Å². The summed E-state index contributed by atoms with van der Waals surface area (Å²) >= 11 is 0. The van der Waals surface area contributed by atoms with Crippen molar-refractivity contribution in [2.45, 2.75) is 27.3 Å². The molecule has 1 N–H and O–H groups in total. The molecule has 0 aliphatic heterocycles. The van der Waals surface area contributed by atoms with Crippen molar-refractivity contribution in [3.63, 3.8) is 0 Å². The minimum absolute atomic E-state index is 0.0357. The lowest BCUT2D eigenvalue weighted by Crippen LogP contribution is -2.22. The highest BCUT2D eigenvalue weighted by Crippen LogP contribution is 2.23. The van der Waals surface area contributed by atoms with E-state index in [-0.39, 0.29) is 23.8 Å². The summed E-state index contributed by atoms with van der Waals surface area (Å²) in [6, 6.07) is 13.4. The highest BCUT2D eigenvalue weighted by Gasteiger charge is 2.18. The van der Waals surface area contributed by atoms with Crippen molar-refractivity contribution < 1.29 is 9.18 Å². The summed E-state index contributed by atoms with van der Waals surface area (Å²) in [7, 11) is 0. The van der Waals surface area contributed by atoms with Crippen molar-refractivity contribution in [2.75, 3.05) is 5.32 Å². The quantitative estimate of drug-likeness (QED) is 0.561. The van der Waals surface area contributed by atoms with Crippen molar-refractivity contribution in [1.82, 2.24) is 14.3 Å². The van der Waals surface area contributed by atoms with E-state index in [1.807, 2.05) is 44.2 Å². The summed E-state index contributed by atoms with van der Waals surface area (Å²) < 4.78 is 16.5. The number of nitrogens with zero attached hydrogens (tertiary/aromatic N) is 3. The fourth-order valence-corrected chi connectivity index (χ4v) is 3.70. The molecular formula is C23H21FN4O2. The summed E-state index contributed by atoms with van der Waals surface area (Å²) in [6.45, 7) is 5.45. The topological polar surface area (TPSA) is 68.9 Å². The number of rotatable bonds is 4. The molecule has 0 atom stereocenters. The molecule has 152 valence electrons. The number of carbonyl (C=O) groups excluding carboxylic acids is 1. The molecular weight excluding hydrogens is 383 g/mol. The Morgan fingerprint density at radius 3 is 2.50 bits per heavy atom. The van der Waals surface area contributed by atoms with Crippen LogP contribution in [-0.2, 0) is 11.3 Å². The molecule has 0 bridgehead atoms. The monoisotopic (exact) mass is 404 g/mol. The van der Waals surface area contributed by atoms with Gasteiger partial charge in [-0.15, -0.1) is 0 Å². The molecule has 7 heteroatoms. The average Bonchev–Trinajstić information content (AvgIpc) is 2.96. The van der Waals surface area contributed by atoms with Crippen LogP contribution in [0, 0.1) is 26.6 Å². The lowest BCUT2D eigenvalue weighted by atomic mass is 10.2. The van der Waals surface area contributed by atoms with Crippen molar-refractivity contribution in [2.24, 2.45) is 0 Å². The van der Waals surface area contributed by atoms with Gasteiger partial charge in [-0.2, -0.15) is 9.78 Å². The number of anilines is 1. The smallest absolute Gasteiger partial charge is 0.281 e. The van der Waals surface area contributed by atoms with Crippen LogP contribution in [0.15, 0.2) is 59.5 Å². The maximum absolute atomic E-state index is 13.3. The van der Waals surface area contributed by atoms with Crippen molar-refractivity contribution >= 4 is 22.4 Å². The third kappa shape index (κ3) is 3.39. The summed E-state index contributed by atoms with van der Waals surface area (Å²) in [4.78, 5) is 25.8. The van der Waals surface area contributed by atoms with Gasteiger partial charge in [0, 0.05) is 22.5 Å². The molecule has 0 spiro atoms. The molecule has 2 aromatic carbocycles. The zero-order valence-electron chi connectivity index (χ0n) is 16.9. The fourth-order valence-electron chi connectivity index (χ4n) is 3.70. The van der Waals surface area contributed by atoms with Crippen LogP contribution in [0.5, 0.6) is 0 Å². The standard InChI is InChI=1S/C23H21FN4O2/c1-14-11-17(24)9-10-20(14)26-21(29)13-27-15(2)19-12-25-28(18-7-5-4-6-8-18)23(30)22(19)16(27)3/h4-12H,13H2,1-3H3,(H,26,29). The zero-order chi connectivity index (χ0) is 21.4. The highest BCUT2D eigenvalue weighted by atomic mass is 19.1. The predicted molar refractivity (Wildman–Crippen MR) is 115 cm³/mol. The second-order valence-electron chi connectivity index (χ2n) is 7.25. The molecule has 0 unspecified atom stereocenters. The number of aromatic nitrogens is 3. The Kier molecular flexibility index (Phi) is 4.95. The maximum Gasteiger partial charge on any atom is 0.281 e. The van der Waals surface area contributed by atoms with Crippen LogP contribution in [0.2, 0.25) is 0 Å². The van der Waals surface area contributed by atoms with Gasteiger partial charge in [-0.1, -0.05) is 18.2 Å². The van der Waals surface area contributed by atoms with Gasteiger partial charge in [0.25, 0.3) is 5.56 Å². The molecule has 0 radical (unpaired) electrons. The van der Waals surface area contributed by atoms with Gasteiger partial charge in [-0.05, 0) is 56.7 Å². The minimum atomic E-state index is -0.351. The van der Waals surface area contributed by atoms with Crippen LogP contribution < -0.4 is 10.9 Å². The lowest BCUT2D eigenvalue weighted by Gasteiger charge is -2.11. The number of amides is 1. The first kappa shape index (κ1) is 19.6. The first-order valence-electron chi connectivity index (χ1n) is 9.56. The van der Waals surface area contributed by atoms with Crippen molar-refractivity contribution in [3.8, 4) is 5.69 Å². The summed E-state index contributed by atoms with van der Waals surface area (Å²) in [6.07, 6.45) is 1.66. The Labute approximate surface area is 172 Å². The molecule has 2 aromatic heterocycles. The second-order valence-corrected chi connectivity index (χ2v) is 7.25. The number of nitrogens with one attached hydrogen (secondary N) is 1. The zero-order valence-corrected chi connectivity index (χ0v) is 16.9. The van der Waals surface area contributed by atoms with E-state index in [0.29, 0.717) is 28.0 Å². The van der Waals surface area contributed by atoms with Crippen LogP contribution in [0.3, 0.4) is 0 Å². The van der Waals surface area contributed by atoms with Crippen LogP contribution in [0.4, 0.5) is 10.1 Å². The van der Waals surface area contributed by atoms with Crippen LogP contribution in [0.1, 0.15) is 17.0 Å². The summed E-state index contributed by atoms with van der Waals surface area (Å²) in [5.74, 6) is -0.608. The number of carbonyl (C=O) groups is 1. The Morgan fingerprint density at radius 1 is 1.07 bits per heavy atom. The fraction of sp³-hybridized carbons (Fsp3) is 0.174. The van der Waals surface area contributed by atoms with E-state index >= 15 is 0 Å². The molecule has 1 amide bonds. The Balaban J connectivity index is 1.70. The van der Waals surface area contributed by atoms with Gasteiger partial charge in [0.2, 0.25) is 5.91 Å². The molecule has 0 saturated carbocycles. The van der Waals surface area contributed by atoms with Crippen LogP contribution in [0.25, 0.3) is 16.5 Å². The molecule has 0 saturated heterocycles. The number of halogens is 1. The molecule has 6 nitrogen and oxygen atoms in total. The molecule has 0 aliphatic carbocycles. The molecule has 0 fully saturated rings. The van der Waals surface area contributed by atoms with Gasteiger partial charge in [0.1, 0.15) is 12.4 Å². The first-order valence-corrected chi connectivity index (χ1v) is 9.56. The third-order valence-corrected chi connectivity index (χ3v) is 5.30. The SMILES string of the molecule is Cc1cc(F)ccc1NC(=O)Cn1c(C)c2cnn(-c3ccccc3)c(=O)c2c1C. The van der Waals surface area contributed by atoms with Gasteiger partial charge in [0.05, 0.1) is 17.3 Å². The number of fused-ring (bicyclic) bond motifs is 1. The van der Waals surface area contributed by atoms with E-state index < -0.39 is 0 Å². The Hall–Kier alpha value is -3.74. The van der Waals surface area contributed by atoms with Gasteiger partial charge < -0.3 is 9.88 Å². The number of aryl methyl sites for hydroxylation is 3. The van der Waals surface area contributed by atoms with E-state index in [9.17, 15) is 14.0 Å². The van der Waals surface area contributed by atoms with E-state index in [1.54, 1.807) is 17.7 Å². The number of benzene rings is 2. The molecule has 4 aromatic rings. The van der Waals surface area contributed by atoms with Gasteiger partial charge in [0.15, 0.2) is 0 Å². The average molecular weight is 404 g/mol. The van der Waals surface area contributed by atoms with Gasteiger partial charge in [-0.25, -0.2) is 4.39 Å². The van der Waals surface area contributed by atoms with Crippen molar-refractivity contribution in [3.05, 3.63) is 87.9 Å². The maximum atomic E-state index is 13.3. The second kappa shape index (κ2) is 7.59. The van der Waals surface area contributed by atoms with E-state index in [0.717, 1.165) is 11.1 Å². The summed E-state index contributed by atoms with van der Waals surface area (Å²) in [5.41, 5.74) is 3.14. The lowest BCUT2D eigenvalue weighted by molar-refractivity contribution is -0.116. The van der Waals surface area contributed by atoms with E-state index in [1.165, 1.54) is 22.9 Å². The highest BCUT2D eigenvalue weighted by molar-refractivity contribution is 5.93. The number of para-hydroxylation sites is 1. The molecule has 4 rings (SSSR count). The Bertz CT molecular complexity index is 1320. The van der Waals surface area contributed by atoms with Crippen LogP contribution in [-0.4, -0.2) is 20.3 Å². The molecule has 30 heavy (non-hydrogen) atoms. The van der Waals surface area contributed by atoms with Gasteiger partial charge in [-0.3, -0.25) is 9.59 Å². The predicted octanol–water partition coefficient (Wildman–Crippen LogP) is 3.89. The number of hydrogen-bond acceptors (Lipinski definition) is 3. The van der Waals surface area contributed by atoms with E-state index in [4.69, 9.17) is 0 Å². The Morgan fingerprint density at radius 2 is 1.80 bits per heavy atom. The third-order valence-electron chi connectivity index (χ3n) is 5.30.